The number of hydrogen-bond donors (Lipinski definition) is 2. The lowest BCUT2D eigenvalue weighted by molar-refractivity contribution is -0.159. The number of nitrogens with two attached hydrogens (primary N) is 1. The number of esters is 1. The molecule has 1 heterocycles. The smallest absolute Gasteiger partial charge is 0.326 e. The number of hydrogen-bond acceptors (Lipinski definition) is 6. The van der Waals surface area contributed by atoms with Gasteiger partial charge < -0.3 is 15.8 Å². The summed E-state index contributed by atoms with van der Waals surface area (Å²) in [7, 11) is 0. The lowest BCUT2D eigenvalue weighted by atomic mass is 9.98. The third-order valence-corrected chi connectivity index (χ3v) is 3.98. The van der Waals surface area contributed by atoms with E-state index in [-0.39, 0.29) is 37.8 Å². The Bertz CT molecular complexity index is 486. The van der Waals surface area contributed by atoms with Crippen molar-refractivity contribution < 1.29 is 23.9 Å². The Labute approximate surface area is 147 Å². The molecule has 138 valence electrons. The van der Waals surface area contributed by atoms with Crippen molar-refractivity contribution in [3.8, 4) is 0 Å². The summed E-state index contributed by atoms with van der Waals surface area (Å²) in [5.41, 5.74) is 5.84. The molecular formula is C15H26ClN3O5. The van der Waals surface area contributed by atoms with Gasteiger partial charge in [-0.2, -0.15) is 0 Å². The van der Waals surface area contributed by atoms with Crippen molar-refractivity contribution in [3.05, 3.63) is 0 Å². The van der Waals surface area contributed by atoms with E-state index in [4.69, 9.17) is 10.5 Å². The minimum atomic E-state index is -0.843. The molecule has 1 fully saturated rings. The van der Waals surface area contributed by atoms with E-state index in [2.05, 4.69) is 5.32 Å². The minimum absolute atomic E-state index is 0. The first-order valence-corrected chi connectivity index (χ1v) is 7.87. The molecule has 0 bridgehead atoms. The Kier molecular flexibility index (Phi) is 9.53. The van der Waals surface area contributed by atoms with Crippen LogP contribution < -0.4 is 11.1 Å². The van der Waals surface area contributed by atoms with Gasteiger partial charge in [0, 0.05) is 6.42 Å². The lowest BCUT2D eigenvalue weighted by Crippen LogP contribution is -2.58. The fraction of sp³-hybridized carbons (Fsp3) is 0.733. The van der Waals surface area contributed by atoms with Crippen LogP contribution in [0.5, 0.6) is 0 Å². The van der Waals surface area contributed by atoms with Gasteiger partial charge in [0.25, 0.3) is 5.91 Å². The van der Waals surface area contributed by atoms with Gasteiger partial charge >= 0.3 is 5.97 Å². The molecule has 1 rings (SSSR count). The number of ether oxygens (including phenoxy) is 1. The third kappa shape index (κ3) is 5.76. The predicted octanol–water partition coefficient (Wildman–Crippen LogP) is -0.0215. The van der Waals surface area contributed by atoms with Gasteiger partial charge in [-0.3, -0.25) is 24.1 Å². The van der Waals surface area contributed by atoms with Crippen LogP contribution in [0.25, 0.3) is 0 Å². The molecule has 0 spiro atoms. The summed E-state index contributed by atoms with van der Waals surface area (Å²) < 4.78 is 4.75. The van der Waals surface area contributed by atoms with Crippen molar-refractivity contribution in [2.45, 2.75) is 52.1 Å². The number of rotatable bonds is 7. The Balaban J connectivity index is 0.00000529. The van der Waals surface area contributed by atoms with Crippen molar-refractivity contribution >= 4 is 36.1 Å². The Hall–Kier alpha value is -1.67. The highest BCUT2D eigenvalue weighted by atomic mass is 35.5. The van der Waals surface area contributed by atoms with Crippen LogP contribution in [0, 0.1) is 5.92 Å². The van der Waals surface area contributed by atoms with Crippen molar-refractivity contribution in [2.75, 3.05) is 13.2 Å². The number of piperidine rings is 1. The maximum Gasteiger partial charge on any atom is 0.326 e. The standard InChI is InChI=1S/C15H25N3O5.ClH/c1-4-9(3)13(16)14(21)17-10-6-7-11(19)18(15(10)22)8-12(20)23-5-2;/h9-10,13H,4-8,16H2,1-3H3,(H,17,21);1H/t9-,10-,13-;/m0./s1. The number of carbonyl (C=O) groups excluding carboxylic acids is 4. The first-order chi connectivity index (χ1) is 10.8. The number of carbonyl (C=O) groups is 4. The number of amides is 3. The van der Waals surface area contributed by atoms with Crippen LogP contribution in [0.3, 0.4) is 0 Å². The maximum atomic E-state index is 12.3. The van der Waals surface area contributed by atoms with Crippen LogP contribution in [0.4, 0.5) is 0 Å². The highest BCUT2D eigenvalue weighted by Gasteiger charge is 2.37. The number of likely N-dealkylation sites (tertiary alicyclic amines) is 1. The van der Waals surface area contributed by atoms with Crippen LogP contribution in [0.15, 0.2) is 0 Å². The maximum absolute atomic E-state index is 12.3. The van der Waals surface area contributed by atoms with Crippen LogP contribution >= 0.6 is 12.4 Å². The zero-order valence-corrected chi connectivity index (χ0v) is 15.1. The van der Waals surface area contributed by atoms with Crippen LogP contribution in [0.1, 0.15) is 40.0 Å². The molecule has 0 aromatic rings. The van der Waals surface area contributed by atoms with E-state index in [1.54, 1.807) is 6.92 Å². The number of nitrogens with one attached hydrogen (secondary N) is 1. The van der Waals surface area contributed by atoms with Gasteiger partial charge in [0.15, 0.2) is 0 Å². The first-order valence-electron chi connectivity index (χ1n) is 7.87. The summed E-state index contributed by atoms with van der Waals surface area (Å²) in [4.78, 5) is 48.6. The molecule has 8 nitrogen and oxygen atoms in total. The predicted molar refractivity (Wildman–Crippen MR) is 89.2 cm³/mol. The fourth-order valence-corrected chi connectivity index (χ4v) is 2.25. The van der Waals surface area contributed by atoms with Gasteiger partial charge in [0.1, 0.15) is 12.6 Å². The van der Waals surface area contributed by atoms with E-state index >= 15 is 0 Å². The lowest BCUT2D eigenvalue weighted by Gasteiger charge is -2.31. The zero-order chi connectivity index (χ0) is 17.6. The molecular weight excluding hydrogens is 338 g/mol. The summed E-state index contributed by atoms with van der Waals surface area (Å²) >= 11 is 0. The normalized spacial score (nSPS) is 20.0. The van der Waals surface area contributed by atoms with Gasteiger partial charge in [-0.15, -0.1) is 12.4 Å². The first kappa shape index (κ1) is 22.3. The van der Waals surface area contributed by atoms with Crippen LogP contribution in [-0.2, 0) is 23.9 Å². The van der Waals surface area contributed by atoms with E-state index in [1.807, 2.05) is 13.8 Å². The van der Waals surface area contributed by atoms with Crippen molar-refractivity contribution in [3.63, 3.8) is 0 Å². The molecule has 0 aliphatic carbocycles. The molecule has 1 aliphatic rings. The largest absolute Gasteiger partial charge is 0.465 e. The van der Waals surface area contributed by atoms with Gasteiger partial charge in [0.05, 0.1) is 12.6 Å². The monoisotopic (exact) mass is 363 g/mol. The molecule has 1 saturated heterocycles. The molecule has 3 atom stereocenters. The minimum Gasteiger partial charge on any atom is -0.465 e. The van der Waals surface area contributed by atoms with E-state index in [0.717, 1.165) is 11.3 Å². The second kappa shape index (κ2) is 10.2. The quantitative estimate of drug-likeness (QED) is 0.484. The fourth-order valence-electron chi connectivity index (χ4n) is 2.25. The number of halogens is 1. The van der Waals surface area contributed by atoms with E-state index in [9.17, 15) is 19.2 Å². The van der Waals surface area contributed by atoms with Crippen molar-refractivity contribution in [1.29, 1.82) is 0 Å². The second-order valence-electron chi connectivity index (χ2n) is 5.63. The summed E-state index contributed by atoms with van der Waals surface area (Å²) in [6, 6.07) is -1.56. The highest BCUT2D eigenvalue weighted by molar-refractivity contribution is 6.04. The molecule has 0 unspecified atom stereocenters. The van der Waals surface area contributed by atoms with E-state index in [0.29, 0.717) is 0 Å². The molecule has 1 aliphatic heterocycles. The average Bonchev–Trinajstić information content (AvgIpc) is 2.52. The summed E-state index contributed by atoms with van der Waals surface area (Å²) in [6.45, 7) is 5.14. The molecule has 3 amide bonds. The van der Waals surface area contributed by atoms with Crippen molar-refractivity contribution in [1.82, 2.24) is 10.2 Å². The van der Waals surface area contributed by atoms with Crippen molar-refractivity contribution in [2.24, 2.45) is 11.7 Å². The summed E-state index contributed by atoms with van der Waals surface area (Å²) in [5.74, 6) is -2.15. The SMILES string of the molecule is CCOC(=O)CN1C(=O)CC[C@H](NC(=O)[C@@H](N)[C@@H](C)CC)C1=O.Cl. The summed E-state index contributed by atoms with van der Waals surface area (Å²) in [5, 5.41) is 2.58. The third-order valence-electron chi connectivity index (χ3n) is 3.98. The van der Waals surface area contributed by atoms with Gasteiger partial charge in [0.2, 0.25) is 11.8 Å². The molecule has 0 aromatic heterocycles. The number of imide groups is 1. The average molecular weight is 364 g/mol. The number of nitrogens with zero attached hydrogens (tertiary/aromatic N) is 1. The topological polar surface area (TPSA) is 119 Å². The van der Waals surface area contributed by atoms with E-state index < -0.39 is 42.3 Å². The van der Waals surface area contributed by atoms with Crippen LogP contribution in [0.2, 0.25) is 0 Å². The van der Waals surface area contributed by atoms with Gasteiger partial charge in [-0.1, -0.05) is 20.3 Å². The molecule has 3 N–H and O–H groups in total. The highest BCUT2D eigenvalue weighted by Crippen LogP contribution is 2.14. The Morgan fingerprint density at radius 2 is 2.00 bits per heavy atom. The molecule has 9 heteroatoms. The molecule has 0 saturated carbocycles. The van der Waals surface area contributed by atoms with Gasteiger partial charge in [-0.25, -0.2) is 0 Å². The zero-order valence-electron chi connectivity index (χ0n) is 14.2. The van der Waals surface area contributed by atoms with Gasteiger partial charge in [-0.05, 0) is 19.3 Å². The van der Waals surface area contributed by atoms with Crippen LogP contribution in [-0.4, -0.2) is 53.8 Å². The molecule has 0 aromatic carbocycles. The Morgan fingerprint density at radius 1 is 1.38 bits per heavy atom. The second-order valence-corrected chi connectivity index (χ2v) is 5.63. The molecule has 24 heavy (non-hydrogen) atoms. The summed E-state index contributed by atoms with van der Waals surface area (Å²) in [6.07, 6.45) is 1.02. The Morgan fingerprint density at radius 3 is 2.54 bits per heavy atom. The van der Waals surface area contributed by atoms with E-state index in [1.165, 1.54) is 0 Å². The molecule has 0 radical (unpaired) electrons.